The number of thiazole rings is 1. The third-order valence-corrected chi connectivity index (χ3v) is 3.37. The van der Waals surface area contributed by atoms with Gasteiger partial charge in [-0.1, -0.05) is 15.9 Å². The molecule has 2 rings (SSSR count). The Morgan fingerprint density at radius 3 is 2.89 bits per heavy atom. The highest BCUT2D eigenvalue weighted by Crippen LogP contribution is 2.53. The van der Waals surface area contributed by atoms with E-state index in [0.29, 0.717) is 0 Å². The van der Waals surface area contributed by atoms with Gasteiger partial charge in [0.05, 0.1) is 15.5 Å². The molecule has 0 bridgehead atoms. The molecule has 1 aromatic rings. The minimum Gasteiger partial charge on any atom is -0.248 e. The lowest BCUT2D eigenvalue weighted by Crippen LogP contribution is -1.93. The van der Waals surface area contributed by atoms with Gasteiger partial charge in [-0.2, -0.15) is 0 Å². The molecule has 1 saturated carbocycles. The van der Waals surface area contributed by atoms with E-state index in [0.717, 1.165) is 0 Å². The second-order valence-corrected chi connectivity index (χ2v) is 4.58. The Balaban J connectivity index is 2.34. The van der Waals surface area contributed by atoms with Gasteiger partial charge in [0.1, 0.15) is 0 Å². The summed E-state index contributed by atoms with van der Waals surface area (Å²) in [6.07, 6.45) is 2.49. The van der Waals surface area contributed by atoms with Gasteiger partial charge >= 0.3 is 0 Å². The van der Waals surface area contributed by atoms with Crippen LogP contribution in [-0.4, -0.2) is 4.98 Å². The standard InChI is InChI=1S/C6H6BrNS/c7-6(1-2-6)5-3-9-4-8-5/h3-4H,1-2H2. The molecular formula is C6H6BrNS. The molecule has 9 heavy (non-hydrogen) atoms. The molecule has 0 radical (unpaired) electrons. The van der Waals surface area contributed by atoms with Gasteiger partial charge < -0.3 is 0 Å². The van der Waals surface area contributed by atoms with E-state index in [1.807, 2.05) is 5.51 Å². The van der Waals surface area contributed by atoms with E-state index in [1.54, 1.807) is 11.3 Å². The molecule has 3 heteroatoms. The first-order valence-electron chi connectivity index (χ1n) is 2.89. The first-order chi connectivity index (χ1) is 4.31. The van der Waals surface area contributed by atoms with Crippen LogP contribution in [0.15, 0.2) is 10.9 Å². The number of hydrogen-bond acceptors (Lipinski definition) is 2. The fourth-order valence-corrected chi connectivity index (χ4v) is 2.02. The number of aromatic nitrogens is 1. The Bertz CT molecular complexity index is 203. The van der Waals surface area contributed by atoms with Crippen LogP contribution in [0.2, 0.25) is 0 Å². The molecule has 1 heterocycles. The summed E-state index contributed by atoms with van der Waals surface area (Å²) in [5.74, 6) is 0. The highest BCUT2D eigenvalue weighted by molar-refractivity contribution is 9.09. The van der Waals surface area contributed by atoms with E-state index in [-0.39, 0.29) is 4.32 Å². The number of nitrogens with zero attached hydrogens (tertiary/aromatic N) is 1. The van der Waals surface area contributed by atoms with Gasteiger partial charge in [-0.15, -0.1) is 11.3 Å². The summed E-state index contributed by atoms with van der Waals surface area (Å²) in [7, 11) is 0. The summed E-state index contributed by atoms with van der Waals surface area (Å²) >= 11 is 5.29. The molecule has 0 saturated heterocycles. The highest BCUT2D eigenvalue weighted by atomic mass is 79.9. The van der Waals surface area contributed by atoms with Crippen molar-refractivity contribution in [1.82, 2.24) is 4.98 Å². The topological polar surface area (TPSA) is 12.9 Å². The number of halogens is 1. The fourth-order valence-electron chi connectivity index (χ4n) is 0.800. The van der Waals surface area contributed by atoms with Crippen molar-refractivity contribution in [3.05, 3.63) is 16.6 Å². The molecule has 0 aromatic carbocycles. The Kier molecular flexibility index (Phi) is 1.17. The maximum absolute atomic E-state index is 4.22. The van der Waals surface area contributed by atoms with E-state index >= 15 is 0 Å². The third kappa shape index (κ3) is 0.923. The molecule has 0 N–H and O–H groups in total. The average Bonchev–Trinajstić information content (AvgIpc) is 2.46. The van der Waals surface area contributed by atoms with E-state index in [9.17, 15) is 0 Å². The van der Waals surface area contributed by atoms with Crippen LogP contribution in [0.5, 0.6) is 0 Å². The SMILES string of the molecule is BrC1(c2cscn2)CC1. The first kappa shape index (κ1) is 5.86. The summed E-state index contributed by atoms with van der Waals surface area (Å²) in [5, 5.41) is 2.11. The van der Waals surface area contributed by atoms with Crippen LogP contribution in [0.4, 0.5) is 0 Å². The van der Waals surface area contributed by atoms with Crippen LogP contribution < -0.4 is 0 Å². The van der Waals surface area contributed by atoms with Crippen molar-refractivity contribution in [2.24, 2.45) is 0 Å². The van der Waals surface area contributed by atoms with Crippen molar-refractivity contribution >= 4 is 27.3 Å². The molecule has 0 aliphatic heterocycles. The van der Waals surface area contributed by atoms with Gasteiger partial charge in [-0.3, -0.25) is 0 Å². The van der Waals surface area contributed by atoms with Crippen LogP contribution in [0.3, 0.4) is 0 Å². The maximum atomic E-state index is 4.22. The second-order valence-electron chi connectivity index (χ2n) is 2.34. The molecule has 0 amide bonds. The summed E-state index contributed by atoms with van der Waals surface area (Å²) in [6.45, 7) is 0. The van der Waals surface area contributed by atoms with Crippen LogP contribution in [0.25, 0.3) is 0 Å². The van der Waals surface area contributed by atoms with Gasteiger partial charge in [-0.25, -0.2) is 4.98 Å². The smallest absolute Gasteiger partial charge is 0.0795 e. The third-order valence-electron chi connectivity index (χ3n) is 1.58. The van der Waals surface area contributed by atoms with Crippen LogP contribution in [-0.2, 0) is 4.32 Å². The van der Waals surface area contributed by atoms with Gasteiger partial charge in [-0.05, 0) is 12.8 Å². The molecule has 0 spiro atoms. The molecule has 1 fully saturated rings. The monoisotopic (exact) mass is 203 g/mol. The molecule has 1 aromatic heterocycles. The lowest BCUT2D eigenvalue weighted by atomic mass is 10.3. The van der Waals surface area contributed by atoms with Crippen molar-refractivity contribution in [1.29, 1.82) is 0 Å². The van der Waals surface area contributed by atoms with Crippen molar-refractivity contribution in [2.45, 2.75) is 17.2 Å². The van der Waals surface area contributed by atoms with Crippen LogP contribution in [0, 0.1) is 0 Å². The number of rotatable bonds is 1. The predicted octanol–water partition coefficient (Wildman–Crippen LogP) is 2.53. The summed E-state index contributed by atoms with van der Waals surface area (Å²) in [5.41, 5.74) is 3.10. The normalized spacial score (nSPS) is 21.9. The van der Waals surface area contributed by atoms with Gasteiger partial charge in [0.2, 0.25) is 0 Å². The van der Waals surface area contributed by atoms with Gasteiger partial charge in [0.15, 0.2) is 0 Å². The first-order valence-corrected chi connectivity index (χ1v) is 4.62. The Morgan fingerprint density at radius 2 is 2.44 bits per heavy atom. The van der Waals surface area contributed by atoms with E-state index in [2.05, 4.69) is 26.3 Å². The minimum atomic E-state index is 0.285. The van der Waals surface area contributed by atoms with Crippen molar-refractivity contribution in [3.8, 4) is 0 Å². The Labute approximate surface area is 66.2 Å². The highest BCUT2D eigenvalue weighted by Gasteiger charge is 2.43. The zero-order chi connectivity index (χ0) is 6.32. The molecule has 48 valence electrons. The summed E-state index contributed by atoms with van der Waals surface area (Å²) in [4.78, 5) is 4.22. The van der Waals surface area contributed by atoms with Gasteiger partial charge in [0, 0.05) is 5.38 Å². The van der Waals surface area contributed by atoms with E-state index in [1.165, 1.54) is 18.5 Å². The molecule has 0 unspecified atom stereocenters. The lowest BCUT2D eigenvalue weighted by molar-refractivity contribution is 0.994. The largest absolute Gasteiger partial charge is 0.248 e. The van der Waals surface area contributed by atoms with Crippen molar-refractivity contribution < 1.29 is 0 Å². The average molecular weight is 204 g/mol. The van der Waals surface area contributed by atoms with E-state index in [4.69, 9.17) is 0 Å². The van der Waals surface area contributed by atoms with Crippen LogP contribution in [0.1, 0.15) is 18.5 Å². The quantitative estimate of drug-likeness (QED) is 0.640. The number of alkyl halides is 1. The lowest BCUT2D eigenvalue weighted by Gasteiger charge is -1.97. The molecule has 0 atom stereocenters. The Hall–Kier alpha value is 0.110. The van der Waals surface area contributed by atoms with Crippen LogP contribution >= 0.6 is 27.3 Å². The molecule has 1 nitrogen and oxygen atoms in total. The molecule has 1 aliphatic carbocycles. The Morgan fingerprint density at radius 1 is 1.67 bits per heavy atom. The predicted molar refractivity (Wildman–Crippen MR) is 42.0 cm³/mol. The van der Waals surface area contributed by atoms with E-state index < -0.39 is 0 Å². The fraction of sp³-hybridized carbons (Fsp3) is 0.500. The number of hydrogen-bond donors (Lipinski definition) is 0. The van der Waals surface area contributed by atoms with Crippen molar-refractivity contribution in [3.63, 3.8) is 0 Å². The van der Waals surface area contributed by atoms with Crippen molar-refractivity contribution in [2.75, 3.05) is 0 Å². The minimum absolute atomic E-state index is 0.285. The zero-order valence-corrected chi connectivity index (χ0v) is 7.20. The maximum Gasteiger partial charge on any atom is 0.0795 e. The summed E-state index contributed by atoms with van der Waals surface area (Å²) in [6, 6.07) is 0. The second kappa shape index (κ2) is 1.80. The molecular weight excluding hydrogens is 198 g/mol. The molecule has 1 aliphatic rings. The zero-order valence-electron chi connectivity index (χ0n) is 4.80. The summed E-state index contributed by atoms with van der Waals surface area (Å²) < 4.78 is 0.285. The van der Waals surface area contributed by atoms with Gasteiger partial charge in [0.25, 0.3) is 0 Å².